The minimum absolute atomic E-state index is 0.0357. The number of carbonyl (C=O) groups is 2. The third kappa shape index (κ3) is 5.03. The largest absolute Gasteiger partial charge is 0.390 e. The van der Waals surface area contributed by atoms with Gasteiger partial charge in [-0.15, -0.1) is 0 Å². The van der Waals surface area contributed by atoms with Crippen molar-refractivity contribution in [3.63, 3.8) is 0 Å². The van der Waals surface area contributed by atoms with Crippen LogP contribution in [0.4, 0.5) is 4.79 Å². The number of amides is 3. The lowest BCUT2D eigenvalue weighted by molar-refractivity contribution is -0.131. The highest BCUT2D eigenvalue weighted by Crippen LogP contribution is 2.17. The first-order chi connectivity index (χ1) is 12.8. The number of β-amino-alcohol motifs (C(OH)–C–C–N with tert-alkyl or cyclic N) is 1. The zero-order valence-corrected chi connectivity index (χ0v) is 16.1. The molecule has 1 aromatic heterocycles. The molecule has 0 bridgehead atoms. The highest BCUT2D eigenvalue weighted by molar-refractivity contribution is 6.06. The predicted octanol–water partition coefficient (Wildman–Crippen LogP) is -0.0670. The third-order valence-electron chi connectivity index (χ3n) is 5.18. The molecule has 3 rings (SSSR count). The number of urea groups is 1. The molecule has 2 saturated heterocycles. The van der Waals surface area contributed by atoms with Crippen LogP contribution >= 0.6 is 0 Å². The second kappa shape index (κ2) is 8.33. The van der Waals surface area contributed by atoms with Crippen LogP contribution in [0.1, 0.15) is 19.5 Å². The van der Waals surface area contributed by atoms with E-state index in [1.807, 2.05) is 24.4 Å². The van der Waals surface area contributed by atoms with E-state index in [-0.39, 0.29) is 12.5 Å². The van der Waals surface area contributed by atoms with Gasteiger partial charge in [-0.05, 0) is 26.0 Å². The monoisotopic (exact) mass is 375 g/mol. The summed E-state index contributed by atoms with van der Waals surface area (Å²) in [4.78, 5) is 34.2. The van der Waals surface area contributed by atoms with Crippen molar-refractivity contribution >= 4 is 11.9 Å². The number of aliphatic hydroxyl groups excluding tert-OH is 1. The first-order valence-electron chi connectivity index (χ1n) is 9.52. The van der Waals surface area contributed by atoms with Gasteiger partial charge < -0.3 is 15.3 Å². The van der Waals surface area contributed by atoms with Crippen LogP contribution in [0.2, 0.25) is 0 Å². The summed E-state index contributed by atoms with van der Waals surface area (Å²) < 4.78 is 0. The Morgan fingerprint density at radius 2 is 1.85 bits per heavy atom. The van der Waals surface area contributed by atoms with E-state index in [1.54, 1.807) is 13.8 Å². The SMILES string of the molecule is CC1(C)NC(=O)N(C[C@H](O)CN2CCN(CCc3ccccn3)CC2)C1=O. The van der Waals surface area contributed by atoms with Crippen LogP contribution in [0.15, 0.2) is 24.4 Å². The van der Waals surface area contributed by atoms with E-state index in [2.05, 4.69) is 20.1 Å². The highest BCUT2D eigenvalue weighted by atomic mass is 16.3. The van der Waals surface area contributed by atoms with E-state index in [4.69, 9.17) is 0 Å². The number of imide groups is 1. The minimum Gasteiger partial charge on any atom is -0.390 e. The van der Waals surface area contributed by atoms with Crippen molar-refractivity contribution < 1.29 is 14.7 Å². The smallest absolute Gasteiger partial charge is 0.325 e. The molecule has 2 aliphatic rings. The summed E-state index contributed by atoms with van der Waals surface area (Å²) in [6.45, 7) is 8.43. The van der Waals surface area contributed by atoms with E-state index in [9.17, 15) is 14.7 Å². The average Bonchev–Trinajstić information content (AvgIpc) is 2.83. The van der Waals surface area contributed by atoms with E-state index in [0.29, 0.717) is 6.54 Å². The summed E-state index contributed by atoms with van der Waals surface area (Å²) in [5, 5.41) is 13.0. The van der Waals surface area contributed by atoms with Crippen LogP contribution in [0.25, 0.3) is 0 Å². The molecular formula is C19H29N5O3. The normalized spacial score (nSPS) is 22.1. The Kier molecular flexibility index (Phi) is 6.08. The van der Waals surface area contributed by atoms with Gasteiger partial charge >= 0.3 is 6.03 Å². The second-order valence-corrected chi connectivity index (χ2v) is 7.84. The van der Waals surface area contributed by atoms with Gasteiger partial charge in [0.05, 0.1) is 12.6 Å². The Hall–Kier alpha value is -2.03. The van der Waals surface area contributed by atoms with Gasteiger partial charge in [-0.2, -0.15) is 0 Å². The molecule has 0 aliphatic carbocycles. The Bertz CT molecular complexity index is 659. The fourth-order valence-corrected chi connectivity index (χ4v) is 3.56. The lowest BCUT2D eigenvalue weighted by Gasteiger charge is -2.35. The Labute approximate surface area is 160 Å². The van der Waals surface area contributed by atoms with E-state index < -0.39 is 17.7 Å². The van der Waals surface area contributed by atoms with E-state index in [1.165, 1.54) is 0 Å². The highest BCUT2D eigenvalue weighted by Gasteiger charge is 2.44. The quantitative estimate of drug-likeness (QED) is 0.649. The molecule has 0 saturated carbocycles. The maximum Gasteiger partial charge on any atom is 0.325 e. The molecule has 1 atom stereocenters. The number of aromatic nitrogens is 1. The Balaban J connectivity index is 1.39. The van der Waals surface area contributed by atoms with Crippen molar-refractivity contribution in [1.82, 2.24) is 25.0 Å². The molecule has 2 fully saturated rings. The summed E-state index contributed by atoms with van der Waals surface area (Å²) in [5.41, 5.74) is 0.211. The second-order valence-electron chi connectivity index (χ2n) is 7.84. The first kappa shape index (κ1) is 19.7. The Morgan fingerprint density at radius 3 is 2.44 bits per heavy atom. The number of nitrogens with one attached hydrogen (secondary N) is 1. The molecule has 0 radical (unpaired) electrons. The van der Waals surface area contributed by atoms with Gasteiger partial charge in [0.1, 0.15) is 5.54 Å². The molecule has 0 unspecified atom stereocenters. The number of piperazine rings is 1. The van der Waals surface area contributed by atoms with Crippen molar-refractivity contribution in [2.75, 3.05) is 45.8 Å². The maximum atomic E-state index is 12.2. The Morgan fingerprint density at radius 1 is 1.15 bits per heavy atom. The number of nitrogens with zero attached hydrogens (tertiary/aromatic N) is 4. The molecule has 8 heteroatoms. The fourth-order valence-electron chi connectivity index (χ4n) is 3.56. The molecule has 1 aromatic rings. The summed E-state index contributed by atoms with van der Waals surface area (Å²) in [5.74, 6) is -0.286. The van der Waals surface area contributed by atoms with Gasteiger partial charge in [-0.1, -0.05) is 6.07 Å². The van der Waals surface area contributed by atoms with Crippen molar-refractivity contribution in [2.45, 2.75) is 31.9 Å². The lowest BCUT2D eigenvalue weighted by Crippen LogP contribution is -2.51. The van der Waals surface area contributed by atoms with E-state index in [0.717, 1.165) is 49.7 Å². The van der Waals surface area contributed by atoms with Crippen LogP contribution in [-0.2, 0) is 11.2 Å². The van der Waals surface area contributed by atoms with Gasteiger partial charge in [0.15, 0.2) is 0 Å². The van der Waals surface area contributed by atoms with Crippen molar-refractivity contribution in [1.29, 1.82) is 0 Å². The van der Waals surface area contributed by atoms with Crippen molar-refractivity contribution in [2.24, 2.45) is 0 Å². The number of hydrogen-bond donors (Lipinski definition) is 2. The molecule has 2 N–H and O–H groups in total. The minimum atomic E-state index is -0.893. The van der Waals surface area contributed by atoms with Crippen LogP contribution < -0.4 is 5.32 Å². The zero-order chi connectivity index (χ0) is 19.4. The standard InChI is InChI=1S/C19H29N5O3/c1-19(2)17(26)24(18(27)21-19)14-16(25)13-23-11-9-22(10-12-23)8-6-15-5-3-4-7-20-15/h3-5,7,16,25H,6,8-14H2,1-2H3,(H,21,27)/t16-/m1/s1. The van der Waals surface area contributed by atoms with E-state index >= 15 is 0 Å². The van der Waals surface area contributed by atoms with Gasteiger partial charge in [-0.25, -0.2) is 4.79 Å². The molecule has 3 amide bonds. The fraction of sp³-hybridized carbons (Fsp3) is 0.632. The van der Waals surface area contributed by atoms with Crippen molar-refractivity contribution in [3.8, 4) is 0 Å². The molecule has 2 aliphatic heterocycles. The molecule has 0 aromatic carbocycles. The molecule has 27 heavy (non-hydrogen) atoms. The van der Waals surface area contributed by atoms with Gasteiger partial charge in [0, 0.05) is 57.6 Å². The molecule has 0 spiro atoms. The van der Waals surface area contributed by atoms with Crippen molar-refractivity contribution in [3.05, 3.63) is 30.1 Å². The van der Waals surface area contributed by atoms with Crippen LogP contribution in [0.3, 0.4) is 0 Å². The number of aliphatic hydroxyl groups is 1. The summed E-state index contributed by atoms with van der Waals surface area (Å²) in [6, 6.07) is 5.55. The number of rotatable bonds is 7. The zero-order valence-electron chi connectivity index (χ0n) is 16.1. The number of pyridine rings is 1. The van der Waals surface area contributed by atoms with Crippen LogP contribution in [0.5, 0.6) is 0 Å². The lowest BCUT2D eigenvalue weighted by atomic mass is 10.1. The number of hydrogen-bond acceptors (Lipinski definition) is 6. The maximum absolute atomic E-state index is 12.2. The van der Waals surface area contributed by atoms with Crippen LogP contribution in [0, 0.1) is 0 Å². The van der Waals surface area contributed by atoms with Gasteiger partial charge in [0.25, 0.3) is 5.91 Å². The molecule has 8 nitrogen and oxygen atoms in total. The first-order valence-corrected chi connectivity index (χ1v) is 9.52. The molecule has 148 valence electrons. The molecular weight excluding hydrogens is 346 g/mol. The average molecular weight is 375 g/mol. The molecule has 3 heterocycles. The topological polar surface area (TPSA) is 89.0 Å². The van der Waals surface area contributed by atoms with Gasteiger partial charge in [-0.3, -0.25) is 19.6 Å². The summed E-state index contributed by atoms with van der Waals surface area (Å²) in [6.07, 6.45) is 2.01. The third-order valence-corrected chi connectivity index (χ3v) is 5.18. The number of carbonyl (C=O) groups excluding carboxylic acids is 2. The summed E-state index contributed by atoms with van der Waals surface area (Å²) in [7, 11) is 0. The van der Waals surface area contributed by atoms with Crippen LogP contribution in [-0.4, -0.2) is 94.2 Å². The van der Waals surface area contributed by atoms with Gasteiger partial charge in [0.2, 0.25) is 0 Å². The predicted molar refractivity (Wildman–Crippen MR) is 101 cm³/mol. The summed E-state index contributed by atoms with van der Waals surface area (Å²) >= 11 is 0.